The van der Waals surface area contributed by atoms with Gasteiger partial charge >= 0.3 is 0 Å². The van der Waals surface area contributed by atoms with Gasteiger partial charge in [-0.25, -0.2) is 4.98 Å². The van der Waals surface area contributed by atoms with Gasteiger partial charge in [0.25, 0.3) is 0 Å². The molecule has 1 aromatic heterocycles. The van der Waals surface area contributed by atoms with Gasteiger partial charge in [0, 0.05) is 17.5 Å². The number of hydrogen-bond donors (Lipinski definition) is 2. The second-order valence-electron chi connectivity index (χ2n) is 5.73. The van der Waals surface area contributed by atoms with Gasteiger partial charge in [-0.3, -0.25) is 10.3 Å². The van der Waals surface area contributed by atoms with Crippen LogP contribution in [-0.4, -0.2) is 35.8 Å². The number of rotatable bonds is 7. The van der Waals surface area contributed by atoms with Crippen LogP contribution in [0.3, 0.4) is 0 Å². The number of nitrogens with two attached hydrogens (primary N) is 1. The molecule has 2 heterocycles. The average Bonchev–Trinajstić information content (AvgIpc) is 3.22. The molecule has 128 valence electrons. The first-order valence-electron chi connectivity index (χ1n) is 8.23. The summed E-state index contributed by atoms with van der Waals surface area (Å²) < 4.78 is 5.77. The number of ether oxygens (including phenoxy) is 1. The highest BCUT2D eigenvalue weighted by Gasteiger charge is 2.14. The first-order chi connectivity index (χ1) is 11.7. The number of nitrogens with zero attached hydrogens (tertiary/aromatic N) is 3. The number of hydrazone groups is 1. The lowest BCUT2D eigenvalue weighted by molar-refractivity contribution is 0.305. The van der Waals surface area contributed by atoms with Gasteiger partial charge in [-0.2, -0.15) is 5.10 Å². The molecule has 3 N–H and O–H groups in total. The molecule has 24 heavy (non-hydrogen) atoms. The maximum absolute atomic E-state index is 5.77. The van der Waals surface area contributed by atoms with Crippen LogP contribution in [-0.2, 0) is 6.54 Å². The van der Waals surface area contributed by atoms with Crippen molar-refractivity contribution >= 4 is 28.5 Å². The summed E-state index contributed by atoms with van der Waals surface area (Å²) >= 11 is 1.43. The Hall–Kier alpha value is -2.12. The number of benzene rings is 1. The fourth-order valence-corrected chi connectivity index (χ4v) is 3.33. The van der Waals surface area contributed by atoms with Crippen molar-refractivity contribution in [3.8, 4) is 5.75 Å². The van der Waals surface area contributed by atoms with Gasteiger partial charge in [0.2, 0.25) is 5.13 Å². The summed E-state index contributed by atoms with van der Waals surface area (Å²) in [5.41, 5.74) is 10.7. The molecule has 0 saturated carbocycles. The molecule has 7 heteroatoms. The molecule has 1 saturated heterocycles. The van der Waals surface area contributed by atoms with E-state index in [-0.39, 0.29) is 0 Å². The highest BCUT2D eigenvalue weighted by atomic mass is 32.1. The van der Waals surface area contributed by atoms with Gasteiger partial charge < -0.3 is 10.5 Å². The van der Waals surface area contributed by atoms with Gasteiger partial charge in [0.15, 0.2) is 0 Å². The van der Waals surface area contributed by atoms with E-state index < -0.39 is 0 Å². The predicted octanol–water partition coefficient (Wildman–Crippen LogP) is 3.17. The van der Waals surface area contributed by atoms with Gasteiger partial charge in [0.05, 0.1) is 12.8 Å². The Labute approximate surface area is 146 Å². The van der Waals surface area contributed by atoms with Gasteiger partial charge in [-0.05, 0) is 56.6 Å². The molecule has 0 bridgehead atoms. The summed E-state index contributed by atoms with van der Waals surface area (Å²) in [5.74, 6) is 1.47. The molecule has 0 spiro atoms. The molecule has 0 radical (unpaired) electrons. The van der Waals surface area contributed by atoms with E-state index in [1.165, 1.54) is 29.7 Å². The Balaban J connectivity index is 1.70. The summed E-state index contributed by atoms with van der Waals surface area (Å²) in [6.45, 7) is 5.94. The van der Waals surface area contributed by atoms with E-state index in [0.29, 0.717) is 17.6 Å². The highest BCUT2D eigenvalue weighted by molar-refractivity contribution is 7.14. The second-order valence-corrected chi connectivity index (χ2v) is 6.59. The lowest BCUT2D eigenvalue weighted by Gasteiger charge is -2.18. The molecular weight excluding hydrogens is 322 g/mol. The Kier molecular flexibility index (Phi) is 5.66. The third kappa shape index (κ3) is 4.46. The van der Waals surface area contributed by atoms with Crippen LogP contribution in [0.4, 0.5) is 10.9 Å². The molecule has 1 aliphatic rings. The summed E-state index contributed by atoms with van der Waals surface area (Å²) in [5, 5.41) is 6.70. The minimum absolute atomic E-state index is 0.506. The summed E-state index contributed by atoms with van der Waals surface area (Å²) in [6.07, 6.45) is 4.36. The quantitative estimate of drug-likeness (QED) is 0.595. The van der Waals surface area contributed by atoms with Gasteiger partial charge in [-0.1, -0.05) is 0 Å². The van der Waals surface area contributed by atoms with E-state index in [1.807, 2.05) is 19.1 Å². The van der Waals surface area contributed by atoms with Gasteiger partial charge in [-0.15, -0.1) is 11.3 Å². The van der Waals surface area contributed by atoms with Crippen LogP contribution in [0, 0.1) is 0 Å². The molecule has 0 amide bonds. The van der Waals surface area contributed by atoms with E-state index in [0.717, 1.165) is 30.9 Å². The Morgan fingerprint density at radius 1 is 1.42 bits per heavy atom. The Bertz CT molecular complexity index is 694. The Morgan fingerprint density at radius 2 is 2.25 bits per heavy atom. The van der Waals surface area contributed by atoms with Crippen LogP contribution in [0.15, 0.2) is 28.7 Å². The van der Waals surface area contributed by atoms with Crippen molar-refractivity contribution in [1.29, 1.82) is 0 Å². The predicted molar refractivity (Wildman–Crippen MR) is 99.9 cm³/mol. The van der Waals surface area contributed by atoms with Crippen molar-refractivity contribution in [2.75, 3.05) is 30.9 Å². The van der Waals surface area contributed by atoms with E-state index in [9.17, 15) is 0 Å². The van der Waals surface area contributed by atoms with Crippen molar-refractivity contribution in [1.82, 2.24) is 9.88 Å². The summed E-state index contributed by atoms with van der Waals surface area (Å²) in [4.78, 5) is 6.58. The van der Waals surface area contributed by atoms with Crippen LogP contribution in [0.25, 0.3) is 0 Å². The molecular formula is C17H23N5OS. The number of likely N-dealkylation sites (tertiary alicyclic amines) is 1. The van der Waals surface area contributed by atoms with Crippen molar-refractivity contribution < 1.29 is 4.74 Å². The van der Waals surface area contributed by atoms with Gasteiger partial charge in [0.1, 0.15) is 11.6 Å². The topological polar surface area (TPSA) is 75.8 Å². The molecule has 0 atom stereocenters. The molecule has 2 aromatic rings. The monoisotopic (exact) mass is 345 g/mol. The summed E-state index contributed by atoms with van der Waals surface area (Å²) in [7, 11) is 0. The third-order valence-corrected chi connectivity index (χ3v) is 4.64. The fourth-order valence-electron chi connectivity index (χ4n) is 2.78. The number of hydrogen-bond acceptors (Lipinski definition) is 7. The van der Waals surface area contributed by atoms with Crippen LogP contribution in [0.5, 0.6) is 5.75 Å². The van der Waals surface area contributed by atoms with E-state index in [2.05, 4.69) is 26.5 Å². The zero-order valence-electron chi connectivity index (χ0n) is 13.9. The number of nitrogen functional groups attached to an aromatic ring is 1. The lowest BCUT2D eigenvalue weighted by Crippen LogP contribution is -2.19. The second kappa shape index (κ2) is 8.12. The minimum Gasteiger partial charge on any atom is -0.494 e. The first kappa shape index (κ1) is 16.7. The van der Waals surface area contributed by atoms with E-state index >= 15 is 0 Å². The minimum atomic E-state index is 0.506. The standard InChI is InChI=1S/C17H23N5OS/c1-2-23-15-6-5-13(9-14(15)11-22-7-3-4-8-22)10-19-21-17-20-16(18)12-24-17/h5-6,9-10,12H,2-4,7-8,11,18H2,1H3,(H,20,21). The lowest BCUT2D eigenvalue weighted by atomic mass is 10.1. The van der Waals surface area contributed by atoms with Crippen LogP contribution < -0.4 is 15.9 Å². The smallest absolute Gasteiger partial charge is 0.205 e. The molecule has 0 aliphatic carbocycles. The molecule has 6 nitrogen and oxygen atoms in total. The fraction of sp³-hybridized carbons (Fsp3) is 0.412. The van der Waals surface area contributed by atoms with Crippen molar-refractivity contribution in [2.24, 2.45) is 5.10 Å². The maximum Gasteiger partial charge on any atom is 0.205 e. The first-order valence-corrected chi connectivity index (χ1v) is 9.10. The SMILES string of the molecule is CCOc1ccc(C=NNc2nc(N)cs2)cc1CN1CCCC1. The number of thiazole rings is 1. The molecule has 1 fully saturated rings. The average molecular weight is 345 g/mol. The summed E-state index contributed by atoms with van der Waals surface area (Å²) in [6, 6.07) is 6.18. The Morgan fingerprint density at radius 3 is 2.96 bits per heavy atom. The molecule has 3 rings (SSSR count). The third-order valence-electron chi connectivity index (χ3n) is 3.87. The van der Waals surface area contributed by atoms with Crippen molar-refractivity contribution in [3.63, 3.8) is 0 Å². The zero-order valence-corrected chi connectivity index (χ0v) is 14.7. The highest BCUT2D eigenvalue weighted by Crippen LogP contribution is 2.23. The normalized spacial score (nSPS) is 15.2. The maximum atomic E-state index is 5.77. The largest absolute Gasteiger partial charge is 0.494 e. The van der Waals surface area contributed by atoms with Crippen molar-refractivity contribution in [2.45, 2.75) is 26.3 Å². The number of aromatic nitrogens is 1. The van der Waals surface area contributed by atoms with Crippen molar-refractivity contribution in [3.05, 3.63) is 34.7 Å². The number of anilines is 2. The van der Waals surface area contributed by atoms with Crippen LogP contribution in [0.1, 0.15) is 30.9 Å². The van der Waals surface area contributed by atoms with E-state index in [1.54, 1.807) is 11.6 Å². The molecule has 1 aromatic carbocycles. The molecule has 1 aliphatic heterocycles. The van der Waals surface area contributed by atoms with Crippen LogP contribution >= 0.6 is 11.3 Å². The number of nitrogens with one attached hydrogen (secondary N) is 1. The molecule has 0 unspecified atom stereocenters. The zero-order chi connectivity index (χ0) is 16.8. The van der Waals surface area contributed by atoms with Crippen LogP contribution in [0.2, 0.25) is 0 Å². The van der Waals surface area contributed by atoms with E-state index in [4.69, 9.17) is 10.5 Å².